The summed E-state index contributed by atoms with van der Waals surface area (Å²) in [6.07, 6.45) is 5.49. The number of aryl methyl sites for hydroxylation is 1. The number of hydrogen-bond donors (Lipinski definition) is 1. The van der Waals surface area contributed by atoms with E-state index in [0.29, 0.717) is 18.1 Å². The Morgan fingerprint density at radius 3 is 2.29 bits per heavy atom. The summed E-state index contributed by atoms with van der Waals surface area (Å²) < 4.78 is 31.7. The number of anilines is 1. The topological polar surface area (TPSA) is 60.9 Å². The number of ketones is 1. The number of carbonyl (C=O) groups is 2. The van der Waals surface area contributed by atoms with Crippen molar-refractivity contribution in [1.29, 1.82) is 0 Å². The van der Waals surface area contributed by atoms with Gasteiger partial charge < -0.3 is 10.0 Å². The Bertz CT molecular complexity index is 852. The molecule has 34 heavy (non-hydrogen) atoms. The van der Waals surface area contributed by atoms with Crippen LogP contribution in [0.1, 0.15) is 69.4 Å². The van der Waals surface area contributed by atoms with Gasteiger partial charge in [0.1, 0.15) is 5.78 Å². The highest BCUT2D eigenvalue weighted by atomic mass is 19.4. The summed E-state index contributed by atoms with van der Waals surface area (Å²) in [5.74, 6) is -1.67. The molecule has 0 amide bonds. The molecule has 1 aliphatic carbocycles. The minimum Gasteiger partial charge on any atom is -0.475 e. The Kier molecular flexibility index (Phi) is 9.01. The predicted molar refractivity (Wildman–Crippen MR) is 126 cm³/mol. The first-order valence-electron chi connectivity index (χ1n) is 12.5. The molecule has 5 nitrogen and oxygen atoms in total. The van der Waals surface area contributed by atoms with E-state index in [9.17, 15) is 18.0 Å². The number of hydrogen-bond acceptors (Lipinski definition) is 4. The zero-order valence-electron chi connectivity index (χ0n) is 20.2. The van der Waals surface area contributed by atoms with Crippen LogP contribution in [0.5, 0.6) is 0 Å². The summed E-state index contributed by atoms with van der Waals surface area (Å²) in [5.41, 5.74) is 3.90. The second-order valence-corrected chi connectivity index (χ2v) is 10.1. The Labute approximate surface area is 200 Å². The molecule has 1 N–H and O–H groups in total. The normalized spacial score (nSPS) is 23.7. The quantitative estimate of drug-likeness (QED) is 0.590. The maximum absolute atomic E-state index is 12.4. The van der Waals surface area contributed by atoms with E-state index >= 15 is 0 Å². The molecule has 2 unspecified atom stereocenters. The Morgan fingerprint density at radius 2 is 1.74 bits per heavy atom. The molecule has 8 heteroatoms. The highest BCUT2D eigenvalue weighted by Crippen LogP contribution is 2.31. The van der Waals surface area contributed by atoms with Crippen molar-refractivity contribution in [2.45, 2.75) is 89.9 Å². The van der Waals surface area contributed by atoms with Crippen LogP contribution in [0.25, 0.3) is 0 Å². The van der Waals surface area contributed by atoms with Gasteiger partial charge in [-0.1, -0.05) is 37.8 Å². The van der Waals surface area contributed by atoms with Crippen molar-refractivity contribution in [3.8, 4) is 0 Å². The second-order valence-electron chi connectivity index (χ2n) is 10.1. The lowest BCUT2D eigenvalue weighted by Crippen LogP contribution is -2.39. The van der Waals surface area contributed by atoms with E-state index in [4.69, 9.17) is 9.90 Å². The van der Waals surface area contributed by atoms with Crippen LogP contribution in [0, 0.1) is 12.8 Å². The van der Waals surface area contributed by atoms with Gasteiger partial charge in [-0.15, -0.1) is 0 Å². The van der Waals surface area contributed by atoms with E-state index < -0.39 is 12.1 Å². The molecular formula is C26H37F3N2O3. The first-order chi connectivity index (χ1) is 16.0. The molecule has 1 aromatic carbocycles. The standard InChI is InChI=1S/C24H36N2O.C2HF3O2/c1-18-14-21(16-23(27)15-20-7-3-4-8-20)9-10-24(18)25-13-11-22(17-25)26-12-5-6-19(26)2;3-2(4,5)1(6)7/h9-10,14,19-20,22H,3-8,11-13,15-17H2,1-2H3;(H,6,7). The van der Waals surface area contributed by atoms with Crippen LogP contribution in [0.2, 0.25) is 0 Å². The van der Waals surface area contributed by atoms with Gasteiger partial charge in [0.25, 0.3) is 0 Å². The number of alkyl halides is 3. The average Bonchev–Trinajstić information content (AvgIpc) is 3.50. The minimum absolute atomic E-state index is 0.429. The van der Waals surface area contributed by atoms with Crippen molar-refractivity contribution in [3.05, 3.63) is 29.3 Å². The van der Waals surface area contributed by atoms with Crippen LogP contribution in [0.4, 0.5) is 18.9 Å². The van der Waals surface area contributed by atoms with Crippen LogP contribution in [-0.4, -0.2) is 59.7 Å². The van der Waals surface area contributed by atoms with Gasteiger partial charge in [-0.05, 0) is 62.8 Å². The fourth-order valence-electron chi connectivity index (χ4n) is 5.75. The molecule has 4 rings (SSSR count). The molecule has 2 atom stereocenters. The lowest BCUT2D eigenvalue weighted by atomic mass is 9.96. The maximum atomic E-state index is 12.4. The molecule has 2 heterocycles. The highest BCUT2D eigenvalue weighted by molar-refractivity contribution is 5.81. The van der Waals surface area contributed by atoms with Gasteiger partial charge in [0.05, 0.1) is 0 Å². The van der Waals surface area contributed by atoms with Gasteiger partial charge in [0.15, 0.2) is 0 Å². The molecule has 1 aromatic rings. The first-order valence-corrected chi connectivity index (χ1v) is 12.5. The SMILES string of the molecule is Cc1cc(CC(=O)CC2CCCC2)ccc1N1CCC(N2CCCC2C)C1.O=C(O)C(F)(F)F. The molecule has 3 aliphatic rings. The van der Waals surface area contributed by atoms with Crippen molar-refractivity contribution >= 4 is 17.4 Å². The van der Waals surface area contributed by atoms with Crippen molar-refractivity contribution in [3.63, 3.8) is 0 Å². The predicted octanol–water partition coefficient (Wildman–Crippen LogP) is 5.38. The fraction of sp³-hybridized carbons (Fsp3) is 0.692. The van der Waals surface area contributed by atoms with Gasteiger partial charge in [0.2, 0.25) is 0 Å². The Balaban J connectivity index is 0.000000406. The van der Waals surface area contributed by atoms with Crippen molar-refractivity contribution in [1.82, 2.24) is 4.90 Å². The summed E-state index contributed by atoms with van der Waals surface area (Å²) in [6, 6.07) is 8.19. The Hall–Kier alpha value is -2.09. The summed E-state index contributed by atoms with van der Waals surface area (Å²) in [4.78, 5) is 26.6. The minimum atomic E-state index is -5.08. The van der Waals surface area contributed by atoms with E-state index in [1.54, 1.807) is 0 Å². The molecule has 2 aliphatic heterocycles. The van der Waals surface area contributed by atoms with E-state index in [1.165, 1.54) is 68.3 Å². The Morgan fingerprint density at radius 1 is 1.06 bits per heavy atom. The number of carbonyl (C=O) groups excluding carboxylic acids is 1. The van der Waals surface area contributed by atoms with Crippen molar-refractivity contribution in [2.75, 3.05) is 24.5 Å². The van der Waals surface area contributed by atoms with Crippen LogP contribution in [-0.2, 0) is 16.0 Å². The number of carboxylic acid groups (broad SMARTS) is 1. The summed E-state index contributed by atoms with van der Waals surface area (Å²) in [6.45, 7) is 8.20. The first kappa shape index (κ1) is 26.5. The van der Waals surface area contributed by atoms with Gasteiger partial charge in [0, 0.05) is 43.7 Å². The van der Waals surface area contributed by atoms with Crippen LogP contribution in [0.15, 0.2) is 18.2 Å². The van der Waals surface area contributed by atoms with Gasteiger partial charge >= 0.3 is 12.1 Å². The molecule has 0 aromatic heterocycles. The number of likely N-dealkylation sites (tertiary alicyclic amines) is 1. The van der Waals surface area contributed by atoms with E-state index in [-0.39, 0.29) is 0 Å². The van der Waals surface area contributed by atoms with Gasteiger partial charge in [-0.3, -0.25) is 9.69 Å². The molecule has 190 valence electrons. The lowest BCUT2D eigenvalue weighted by Gasteiger charge is -2.29. The van der Waals surface area contributed by atoms with Crippen LogP contribution >= 0.6 is 0 Å². The molecule has 2 saturated heterocycles. The third kappa shape index (κ3) is 7.20. The summed E-state index contributed by atoms with van der Waals surface area (Å²) in [5, 5.41) is 7.12. The molecule has 0 radical (unpaired) electrons. The van der Waals surface area contributed by atoms with Gasteiger partial charge in [-0.25, -0.2) is 4.79 Å². The van der Waals surface area contributed by atoms with E-state index in [2.05, 4.69) is 41.8 Å². The molecule has 1 saturated carbocycles. The number of Topliss-reactive ketones (excluding diaryl/α,β-unsaturated/α-hetero) is 1. The third-order valence-electron chi connectivity index (χ3n) is 7.47. The summed E-state index contributed by atoms with van der Waals surface area (Å²) in [7, 11) is 0. The maximum Gasteiger partial charge on any atom is 0.490 e. The third-order valence-corrected chi connectivity index (χ3v) is 7.47. The molecule has 3 fully saturated rings. The fourth-order valence-corrected chi connectivity index (χ4v) is 5.75. The van der Waals surface area contributed by atoms with Crippen LogP contribution < -0.4 is 4.90 Å². The number of aliphatic carboxylic acids is 1. The molecular weight excluding hydrogens is 445 g/mol. The van der Waals surface area contributed by atoms with E-state index in [0.717, 1.165) is 31.6 Å². The summed E-state index contributed by atoms with van der Waals surface area (Å²) >= 11 is 0. The number of nitrogens with zero attached hydrogens (tertiary/aromatic N) is 2. The smallest absolute Gasteiger partial charge is 0.475 e. The second kappa shape index (κ2) is 11.6. The number of carboxylic acids is 1. The number of rotatable bonds is 6. The van der Waals surface area contributed by atoms with E-state index in [1.807, 2.05) is 0 Å². The lowest BCUT2D eigenvalue weighted by molar-refractivity contribution is -0.192. The monoisotopic (exact) mass is 482 g/mol. The molecule has 0 spiro atoms. The zero-order valence-corrected chi connectivity index (χ0v) is 20.2. The van der Waals surface area contributed by atoms with Gasteiger partial charge in [-0.2, -0.15) is 13.2 Å². The van der Waals surface area contributed by atoms with Crippen molar-refractivity contribution in [2.24, 2.45) is 5.92 Å². The average molecular weight is 483 g/mol. The number of benzene rings is 1. The largest absolute Gasteiger partial charge is 0.490 e. The molecule has 0 bridgehead atoms. The number of halogens is 3. The highest BCUT2D eigenvalue weighted by Gasteiger charge is 2.38. The zero-order chi connectivity index (χ0) is 24.9. The van der Waals surface area contributed by atoms with Crippen molar-refractivity contribution < 1.29 is 27.9 Å². The van der Waals surface area contributed by atoms with Crippen LogP contribution in [0.3, 0.4) is 0 Å².